The zero-order valence-electron chi connectivity index (χ0n) is 20.1. The van der Waals surface area contributed by atoms with Crippen molar-refractivity contribution in [2.24, 2.45) is 7.05 Å². The first-order valence-corrected chi connectivity index (χ1v) is 12.5. The summed E-state index contributed by atoms with van der Waals surface area (Å²) in [6.45, 7) is -0.149. The topological polar surface area (TPSA) is 81.1 Å². The molecule has 0 spiro atoms. The van der Waals surface area contributed by atoms with Crippen molar-refractivity contribution in [1.82, 2.24) is 9.47 Å². The van der Waals surface area contributed by atoms with E-state index in [2.05, 4.69) is 0 Å². The molecule has 1 aromatic heterocycles. The Morgan fingerprint density at radius 1 is 0.943 bits per heavy atom. The largest absolute Gasteiger partial charge is 0.495 e. The second-order valence-electron chi connectivity index (χ2n) is 8.31. The van der Waals surface area contributed by atoms with Gasteiger partial charge in [0.05, 0.1) is 30.7 Å². The number of hydrogen-bond acceptors (Lipinski definition) is 6. The molecular weight excluding hydrogens is 490 g/mol. The molecule has 0 aliphatic carbocycles. The molecule has 0 saturated carbocycles. The number of likely N-dealkylation sites (N-methyl/N-ethyl adjacent to an activating group) is 1. The number of para-hydroxylation sites is 1. The molecule has 0 bridgehead atoms. The van der Waals surface area contributed by atoms with Gasteiger partial charge < -0.3 is 18.9 Å². The van der Waals surface area contributed by atoms with Crippen molar-refractivity contribution < 1.29 is 22.7 Å². The van der Waals surface area contributed by atoms with Crippen LogP contribution in [0.5, 0.6) is 11.5 Å². The maximum absolute atomic E-state index is 14.0. The van der Waals surface area contributed by atoms with Gasteiger partial charge in [-0.25, -0.2) is 8.42 Å². The van der Waals surface area contributed by atoms with Crippen LogP contribution in [0.4, 0.5) is 5.69 Å². The summed E-state index contributed by atoms with van der Waals surface area (Å²) in [5.41, 5.74) is 1.86. The fourth-order valence-corrected chi connectivity index (χ4v) is 5.82. The Kier molecular flexibility index (Phi) is 6.68. The van der Waals surface area contributed by atoms with E-state index in [0.717, 1.165) is 26.1 Å². The van der Waals surface area contributed by atoms with Crippen LogP contribution in [0.25, 0.3) is 21.8 Å². The number of amides is 1. The number of hydrogen-bond donors (Lipinski definition) is 0. The molecule has 1 heterocycles. The fourth-order valence-electron chi connectivity index (χ4n) is 4.15. The van der Waals surface area contributed by atoms with Gasteiger partial charge >= 0.3 is 0 Å². The summed E-state index contributed by atoms with van der Waals surface area (Å²) in [6.07, 6.45) is 0. The van der Waals surface area contributed by atoms with Crippen LogP contribution in [0.15, 0.2) is 59.5 Å². The van der Waals surface area contributed by atoms with Crippen LogP contribution in [0.2, 0.25) is 5.02 Å². The molecule has 0 N–H and O–H groups in total. The van der Waals surface area contributed by atoms with Crippen LogP contribution in [0.3, 0.4) is 0 Å². The number of ether oxygens (including phenoxy) is 2. The number of anilines is 1. The number of fused-ring (bicyclic) bond motifs is 3. The third-order valence-electron chi connectivity index (χ3n) is 5.77. The molecule has 0 aliphatic heterocycles. The van der Waals surface area contributed by atoms with Gasteiger partial charge in [0.15, 0.2) is 0 Å². The number of aromatic nitrogens is 1. The minimum absolute atomic E-state index is 0.0126. The first-order chi connectivity index (χ1) is 16.6. The Balaban J connectivity index is 1.97. The number of sulfonamides is 1. The van der Waals surface area contributed by atoms with Crippen molar-refractivity contribution in [1.29, 1.82) is 0 Å². The number of aryl methyl sites for hydroxylation is 1. The molecule has 10 heteroatoms. The second-order valence-corrected chi connectivity index (χ2v) is 10.5. The summed E-state index contributed by atoms with van der Waals surface area (Å²) >= 11 is 6.23. The van der Waals surface area contributed by atoms with Gasteiger partial charge in [0.25, 0.3) is 15.9 Å². The lowest BCUT2D eigenvalue weighted by molar-refractivity contribution is -0.118. The van der Waals surface area contributed by atoms with Crippen LogP contribution < -0.4 is 13.8 Å². The van der Waals surface area contributed by atoms with Crippen molar-refractivity contribution in [3.63, 3.8) is 0 Å². The molecule has 1 amide bonds. The lowest BCUT2D eigenvalue weighted by Gasteiger charge is -2.26. The molecule has 35 heavy (non-hydrogen) atoms. The van der Waals surface area contributed by atoms with E-state index in [1.807, 2.05) is 35.9 Å². The highest BCUT2D eigenvalue weighted by Gasteiger charge is 2.34. The summed E-state index contributed by atoms with van der Waals surface area (Å²) in [6, 6.07) is 15.4. The van der Waals surface area contributed by atoms with E-state index in [4.69, 9.17) is 21.1 Å². The first kappa shape index (κ1) is 24.8. The van der Waals surface area contributed by atoms with Gasteiger partial charge in [0.2, 0.25) is 0 Å². The maximum Gasteiger partial charge on any atom is 0.271 e. The average Bonchev–Trinajstić information content (AvgIpc) is 3.11. The van der Waals surface area contributed by atoms with Crippen LogP contribution in [0.1, 0.15) is 0 Å². The molecule has 0 radical (unpaired) electrons. The molecule has 0 saturated heterocycles. The van der Waals surface area contributed by atoms with Gasteiger partial charge in [0, 0.05) is 41.0 Å². The van der Waals surface area contributed by atoms with Gasteiger partial charge in [-0.2, -0.15) is 4.31 Å². The standard InChI is InChI=1S/C25H26ClN3O5S/c1-27(2)15-25(30)29(22-14-23(33-4)19(26)13-24(22)34-5)35(31,32)16-10-11-21-18(12-16)17-8-6-7-9-20(17)28(21)3/h6-14H,15H2,1-5H3. The smallest absolute Gasteiger partial charge is 0.271 e. The fraction of sp³-hybridized carbons (Fsp3) is 0.240. The monoisotopic (exact) mass is 515 g/mol. The molecule has 0 unspecified atom stereocenters. The quantitative estimate of drug-likeness (QED) is 0.365. The molecule has 184 valence electrons. The lowest BCUT2D eigenvalue weighted by atomic mass is 10.1. The average molecular weight is 516 g/mol. The van der Waals surface area contributed by atoms with Crippen molar-refractivity contribution >= 4 is 55.0 Å². The zero-order valence-corrected chi connectivity index (χ0v) is 21.6. The summed E-state index contributed by atoms with van der Waals surface area (Å²) < 4.78 is 41.6. The number of benzene rings is 3. The number of nitrogens with zero attached hydrogens (tertiary/aromatic N) is 3. The van der Waals surface area contributed by atoms with Crippen LogP contribution >= 0.6 is 11.6 Å². The molecule has 4 aromatic rings. The highest BCUT2D eigenvalue weighted by atomic mass is 35.5. The van der Waals surface area contributed by atoms with Crippen molar-refractivity contribution in [3.8, 4) is 11.5 Å². The third-order valence-corrected chi connectivity index (χ3v) is 7.80. The van der Waals surface area contributed by atoms with Gasteiger partial charge in [-0.1, -0.05) is 29.8 Å². The SMILES string of the molecule is COc1cc(N(C(=O)CN(C)C)S(=O)(=O)c2ccc3c(c2)c2ccccc2n3C)c(OC)cc1Cl. The van der Waals surface area contributed by atoms with Crippen molar-refractivity contribution in [2.45, 2.75) is 4.90 Å². The van der Waals surface area contributed by atoms with E-state index in [-0.39, 0.29) is 33.6 Å². The van der Waals surface area contributed by atoms with E-state index in [9.17, 15) is 13.2 Å². The first-order valence-electron chi connectivity index (χ1n) is 10.7. The van der Waals surface area contributed by atoms with Crippen molar-refractivity contribution in [2.75, 3.05) is 39.2 Å². The molecule has 4 rings (SSSR count). The van der Waals surface area contributed by atoms with Crippen LogP contribution in [0, 0.1) is 0 Å². The molecule has 8 nitrogen and oxygen atoms in total. The molecule has 3 aromatic carbocycles. The minimum Gasteiger partial charge on any atom is -0.495 e. The van der Waals surface area contributed by atoms with E-state index in [1.165, 1.54) is 32.4 Å². The molecule has 0 aliphatic rings. The highest BCUT2D eigenvalue weighted by molar-refractivity contribution is 7.93. The Morgan fingerprint density at radius 2 is 1.60 bits per heavy atom. The Labute approximate surface area is 209 Å². The summed E-state index contributed by atoms with van der Waals surface area (Å²) in [5.74, 6) is -0.321. The van der Waals surface area contributed by atoms with E-state index < -0.39 is 15.9 Å². The number of methoxy groups -OCH3 is 2. The normalized spacial score (nSPS) is 11.9. The summed E-state index contributed by atoms with van der Waals surface area (Å²) in [4.78, 5) is 15.0. The summed E-state index contributed by atoms with van der Waals surface area (Å²) in [7, 11) is 3.74. The molecule has 0 atom stereocenters. The van der Waals surface area contributed by atoms with Gasteiger partial charge in [-0.05, 0) is 38.4 Å². The second kappa shape index (κ2) is 9.41. The minimum atomic E-state index is -4.35. The van der Waals surface area contributed by atoms with E-state index in [1.54, 1.807) is 31.1 Å². The van der Waals surface area contributed by atoms with Crippen LogP contribution in [-0.4, -0.2) is 58.7 Å². The van der Waals surface area contributed by atoms with Crippen molar-refractivity contribution in [3.05, 3.63) is 59.6 Å². The number of carbonyl (C=O) groups excluding carboxylic acids is 1. The van der Waals surface area contributed by atoms with Gasteiger partial charge in [-0.15, -0.1) is 0 Å². The number of rotatable bonds is 7. The predicted octanol–water partition coefficient (Wildman–Crippen LogP) is 4.29. The predicted molar refractivity (Wildman–Crippen MR) is 138 cm³/mol. The summed E-state index contributed by atoms with van der Waals surface area (Å²) in [5, 5.41) is 1.91. The maximum atomic E-state index is 14.0. The number of halogens is 1. The van der Waals surface area contributed by atoms with E-state index in [0.29, 0.717) is 0 Å². The Morgan fingerprint density at radius 3 is 2.26 bits per heavy atom. The number of carbonyl (C=O) groups is 1. The molecular formula is C25H26ClN3O5S. The van der Waals surface area contributed by atoms with Gasteiger partial charge in [0.1, 0.15) is 17.2 Å². The van der Waals surface area contributed by atoms with Crippen LogP contribution in [-0.2, 0) is 21.9 Å². The zero-order chi connectivity index (χ0) is 25.5. The third kappa shape index (κ3) is 4.31. The lowest BCUT2D eigenvalue weighted by Crippen LogP contribution is -2.42. The van der Waals surface area contributed by atoms with Gasteiger partial charge in [-0.3, -0.25) is 4.79 Å². The molecule has 0 fully saturated rings. The Hall–Kier alpha value is -3.27. The Bertz CT molecular complexity index is 1550. The highest BCUT2D eigenvalue weighted by Crippen LogP contribution is 2.41. The van der Waals surface area contributed by atoms with E-state index >= 15 is 0 Å².